The van der Waals surface area contributed by atoms with Crippen molar-refractivity contribution < 1.29 is 8.42 Å². The third-order valence-electron chi connectivity index (χ3n) is 4.11. The van der Waals surface area contributed by atoms with Gasteiger partial charge >= 0.3 is 0 Å². The van der Waals surface area contributed by atoms with Gasteiger partial charge in [0.1, 0.15) is 5.25 Å². The van der Waals surface area contributed by atoms with E-state index in [9.17, 15) is 8.42 Å². The summed E-state index contributed by atoms with van der Waals surface area (Å²) in [5.74, 6) is 0. The summed E-state index contributed by atoms with van der Waals surface area (Å²) in [6, 6.07) is 20.4. The van der Waals surface area contributed by atoms with E-state index >= 15 is 0 Å². The predicted molar refractivity (Wildman–Crippen MR) is 94.1 cm³/mol. The van der Waals surface area contributed by atoms with Crippen molar-refractivity contribution >= 4 is 20.6 Å². The van der Waals surface area contributed by atoms with E-state index in [-0.39, 0.29) is 6.54 Å². The van der Waals surface area contributed by atoms with Gasteiger partial charge in [-0.25, -0.2) is 8.42 Å². The Bertz CT molecular complexity index is 926. The Hall–Kier alpha value is -2.17. The molecule has 3 aromatic carbocycles. The van der Waals surface area contributed by atoms with Gasteiger partial charge in [0.2, 0.25) is 0 Å². The van der Waals surface area contributed by atoms with Crippen molar-refractivity contribution in [3.05, 3.63) is 77.9 Å². The summed E-state index contributed by atoms with van der Waals surface area (Å²) < 4.78 is 26.1. The minimum absolute atomic E-state index is 0.0459. The van der Waals surface area contributed by atoms with Gasteiger partial charge in [0.05, 0.1) is 4.90 Å². The van der Waals surface area contributed by atoms with E-state index in [1.165, 1.54) is 0 Å². The molecule has 0 heterocycles. The van der Waals surface area contributed by atoms with E-state index in [1.807, 2.05) is 61.5 Å². The standard InChI is InChI=1S/C19H19NO2S/c1-14-9-11-16(12-10-14)23(21,22)19(13-20)18-8-4-6-15-5-2-3-7-17(15)18/h2-12,19H,13,20H2,1H3/t19-/m0/s1. The number of rotatable bonds is 4. The lowest BCUT2D eigenvalue weighted by atomic mass is 10.0. The molecule has 118 valence electrons. The largest absolute Gasteiger partial charge is 0.329 e. The average Bonchev–Trinajstić information content (AvgIpc) is 2.56. The zero-order chi connectivity index (χ0) is 16.4. The summed E-state index contributed by atoms with van der Waals surface area (Å²) in [5.41, 5.74) is 7.65. The first kappa shape index (κ1) is 15.7. The van der Waals surface area contributed by atoms with Crippen LogP contribution in [0.3, 0.4) is 0 Å². The lowest BCUT2D eigenvalue weighted by Crippen LogP contribution is -2.22. The van der Waals surface area contributed by atoms with Gasteiger partial charge in [-0.15, -0.1) is 0 Å². The van der Waals surface area contributed by atoms with Crippen LogP contribution in [0, 0.1) is 6.92 Å². The molecule has 23 heavy (non-hydrogen) atoms. The molecule has 0 aromatic heterocycles. The molecule has 0 bridgehead atoms. The Kier molecular flexibility index (Phi) is 4.20. The highest BCUT2D eigenvalue weighted by Gasteiger charge is 2.29. The predicted octanol–water partition coefficient (Wildman–Crippen LogP) is 3.62. The van der Waals surface area contributed by atoms with Crippen molar-refractivity contribution in [3.63, 3.8) is 0 Å². The van der Waals surface area contributed by atoms with Crippen LogP contribution in [-0.2, 0) is 9.84 Å². The monoisotopic (exact) mass is 325 g/mol. The molecule has 0 amide bonds. The van der Waals surface area contributed by atoms with Crippen LogP contribution < -0.4 is 5.73 Å². The van der Waals surface area contributed by atoms with Crippen molar-refractivity contribution in [2.45, 2.75) is 17.1 Å². The molecule has 0 fully saturated rings. The maximum Gasteiger partial charge on any atom is 0.186 e. The van der Waals surface area contributed by atoms with Crippen LogP contribution >= 0.6 is 0 Å². The molecule has 0 aliphatic carbocycles. The number of fused-ring (bicyclic) bond motifs is 1. The number of hydrogen-bond donors (Lipinski definition) is 1. The third-order valence-corrected chi connectivity index (χ3v) is 6.23. The highest BCUT2D eigenvalue weighted by Crippen LogP contribution is 2.32. The van der Waals surface area contributed by atoms with Gasteiger partial charge in [-0.05, 0) is 35.4 Å². The average molecular weight is 325 g/mol. The molecule has 0 saturated carbocycles. The van der Waals surface area contributed by atoms with Crippen molar-refractivity contribution in [1.82, 2.24) is 0 Å². The van der Waals surface area contributed by atoms with Gasteiger partial charge in [0, 0.05) is 6.54 Å². The van der Waals surface area contributed by atoms with Gasteiger partial charge in [-0.3, -0.25) is 0 Å². The second-order valence-electron chi connectivity index (χ2n) is 5.65. The van der Waals surface area contributed by atoms with Crippen LogP contribution in [0.15, 0.2) is 71.6 Å². The molecule has 0 saturated heterocycles. The lowest BCUT2D eigenvalue weighted by Gasteiger charge is -2.18. The van der Waals surface area contributed by atoms with Gasteiger partial charge < -0.3 is 5.73 Å². The zero-order valence-electron chi connectivity index (χ0n) is 12.9. The van der Waals surface area contributed by atoms with Crippen molar-refractivity contribution in [1.29, 1.82) is 0 Å². The van der Waals surface area contributed by atoms with Crippen molar-refractivity contribution in [2.24, 2.45) is 5.73 Å². The summed E-state index contributed by atoms with van der Waals surface area (Å²) in [6.45, 7) is 1.98. The van der Waals surface area contributed by atoms with E-state index in [1.54, 1.807) is 12.1 Å². The smallest absolute Gasteiger partial charge is 0.186 e. The first-order valence-corrected chi connectivity index (χ1v) is 9.07. The second-order valence-corrected chi connectivity index (χ2v) is 7.78. The maximum absolute atomic E-state index is 13.0. The SMILES string of the molecule is Cc1ccc(S(=O)(=O)[C@@H](CN)c2cccc3ccccc23)cc1. The van der Waals surface area contributed by atoms with Crippen molar-refractivity contribution in [3.8, 4) is 0 Å². The Morgan fingerprint density at radius 1 is 0.913 bits per heavy atom. The maximum atomic E-state index is 13.0. The quantitative estimate of drug-likeness (QED) is 0.797. The number of aryl methyl sites for hydroxylation is 1. The van der Waals surface area contributed by atoms with Gasteiger partial charge in [-0.1, -0.05) is 60.2 Å². The van der Waals surface area contributed by atoms with Gasteiger partial charge in [0.25, 0.3) is 0 Å². The molecule has 3 nitrogen and oxygen atoms in total. The third kappa shape index (κ3) is 2.87. The summed E-state index contributed by atoms with van der Waals surface area (Å²) in [6.07, 6.45) is 0. The Labute approximate surface area is 136 Å². The summed E-state index contributed by atoms with van der Waals surface area (Å²) in [7, 11) is -3.54. The van der Waals surface area contributed by atoms with E-state index in [0.717, 1.165) is 21.9 Å². The minimum Gasteiger partial charge on any atom is -0.329 e. The number of hydrogen-bond acceptors (Lipinski definition) is 3. The lowest BCUT2D eigenvalue weighted by molar-refractivity contribution is 0.583. The van der Waals surface area contributed by atoms with Gasteiger partial charge in [-0.2, -0.15) is 0 Å². The molecule has 0 unspecified atom stereocenters. The molecule has 2 N–H and O–H groups in total. The van der Waals surface area contributed by atoms with Crippen LogP contribution in [0.5, 0.6) is 0 Å². The van der Waals surface area contributed by atoms with Crippen molar-refractivity contribution in [2.75, 3.05) is 6.54 Å². The first-order chi connectivity index (χ1) is 11.0. The van der Waals surface area contributed by atoms with Crippen LogP contribution in [0.2, 0.25) is 0 Å². The summed E-state index contributed by atoms with van der Waals surface area (Å²) >= 11 is 0. The van der Waals surface area contributed by atoms with Crippen LogP contribution in [-0.4, -0.2) is 15.0 Å². The molecular weight excluding hydrogens is 306 g/mol. The molecule has 1 atom stereocenters. The Morgan fingerprint density at radius 3 is 2.26 bits per heavy atom. The Morgan fingerprint density at radius 2 is 1.57 bits per heavy atom. The number of benzene rings is 3. The molecule has 0 radical (unpaired) electrons. The number of nitrogens with two attached hydrogens (primary N) is 1. The summed E-state index contributed by atoms with van der Waals surface area (Å²) in [4.78, 5) is 0.312. The summed E-state index contributed by atoms with van der Waals surface area (Å²) in [5, 5.41) is 1.19. The Balaban J connectivity index is 2.17. The van der Waals surface area contributed by atoms with E-state index in [2.05, 4.69) is 0 Å². The zero-order valence-corrected chi connectivity index (χ0v) is 13.8. The van der Waals surface area contributed by atoms with Crippen LogP contribution in [0.25, 0.3) is 10.8 Å². The fourth-order valence-electron chi connectivity index (χ4n) is 2.84. The molecule has 4 heteroatoms. The molecule has 0 spiro atoms. The van der Waals surface area contributed by atoms with E-state index < -0.39 is 15.1 Å². The molecule has 3 rings (SSSR count). The van der Waals surface area contributed by atoms with Gasteiger partial charge in [0.15, 0.2) is 9.84 Å². The fourth-order valence-corrected chi connectivity index (χ4v) is 4.48. The molecule has 0 aliphatic heterocycles. The van der Waals surface area contributed by atoms with Crippen LogP contribution in [0.1, 0.15) is 16.4 Å². The number of sulfone groups is 1. The molecule has 3 aromatic rings. The van der Waals surface area contributed by atoms with Crippen LogP contribution in [0.4, 0.5) is 0 Å². The first-order valence-electron chi connectivity index (χ1n) is 7.52. The fraction of sp³-hybridized carbons (Fsp3) is 0.158. The molecule has 0 aliphatic rings. The second kappa shape index (κ2) is 6.14. The van der Waals surface area contributed by atoms with E-state index in [0.29, 0.717) is 4.90 Å². The molecular formula is C19H19NO2S. The topological polar surface area (TPSA) is 60.2 Å². The van der Waals surface area contributed by atoms with E-state index in [4.69, 9.17) is 5.73 Å². The minimum atomic E-state index is -3.54. The normalized spacial score (nSPS) is 13.1. The highest BCUT2D eigenvalue weighted by atomic mass is 32.2. The highest BCUT2D eigenvalue weighted by molar-refractivity contribution is 7.91.